The summed E-state index contributed by atoms with van der Waals surface area (Å²) < 4.78 is 25.4. The van der Waals surface area contributed by atoms with Gasteiger partial charge in [0.2, 0.25) is 11.8 Å². The molecule has 9 nitrogen and oxygen atoms in total. The molecular formula is C38H30FN3O6S2. The first-order valence-electron chi connectivity index (χ1n) is 16.4. The van der Waals surface area contributed by atoms with E-state index in [0.29, 0.717) is 22.9 Å². The summed E-state index contributed by atoms with van der Waals surface area (Å²) in [6.45, 7) is -0.235. The number of carbonyl (C=O) groups excluding carboxylic acids is 3. The van der Waals surface area contributed by atoms with Crippen LogP contribution in [0.15, 0.2) is 94.7 Å². The van der Waals surface area contributed by atoms with Crippen LogP contribution in [0.25, 0.3) is 10.8 Å². The molecule has 1 aromatic heterocycles. The van der Waals surface area contributed by atoms with Crippen molar-refractivity contribution in [3.63, 3.8) is 0 Å². The van der Waals surface area contributed by atoms with E-state index in [1.807, 2.05) is 54.6 Å². The van der Waals surface area contributed by atoms with Gasteiger partial charge < -0.3 is 19.8 Å². The molecule has 2 aliphatic carbocycles. The van der Waals surface area contributed by atoms with Crippen molar-refractivity contribution in [2.24, 2.45) is 29.6 Å². The number of fused-ring (bicyclic) bond motifs is 10. The number of nitrogens with one attached hydrogen (secondary N) is 2. The van der Waals surface area contributed by atoms with E-state index in [-0.39, 0.29) is 58.1 Å². The van der Waals surface area contributed by atoms with Gasteiger partial charge in [-0.15, -0.1) is 11.8 Å². The van der Waals surface area contributed by atoms with Crippen molar-refractivity contribution in [2.75, 3.05) is 23.9 Å². The lowest BCUT2D eigenvalue weighted by Crippen LogP contribution is -2.42. The number of anilines is 2. The highest BCUT2D eigenvalue weighted by molar-refractivity contribution is 8.00. The minimum Gasteiger partial charge on any atom is -0.493 e. The monoisotopic (exact) mass is 707 g/mol. The summed E-state index contributed by atoms with van der Waals surface area (Å²) >= 11 is 2.78. The molecule has 2 N–H and O–H groups in total. The maximum Gasteiger partial charge on any atom is 0.305 e. The number of hydrogen-bond donors (Lipinski definition) is 2. The molecule has 50 heavy (non-hydrogen) atoms. The van der Waals surface area contributed by atoms with Crippen molar-refractivity contribution in [3.8, 4) is 11.5 Å². The summed E-state index contributed by atoms with van der Waals surface area (Å²) in [5, 5.41) is 5.69. The van der Waals surface area contributed by atoms with Crippen molar-refractivity contribution in [3.05, 3.63) is 111 Å². The van der Waals surface area contributed by atoms with E-state index in [0.717, 1.165) is 32.7 Å². The molecule has 4 aliphatic rings. The predicted octanol–water partition coefficient (Wildman–Crippen LogP) is 6.43. The summed E-state index contributed by atoms with van der Waals surface area (Å²) in [4.78, 5) is 58.5. The number of benzene rings is 4. The summed E-state index contributed by atoms with van der Waals surface area (Å²) in [6.07, 6.45) is 0.742. The van der Waals surface area contributed by atoms with Gasteiger partial charge in [-0.25, -0.2) is 4.39 Å². The van der Waals surface area contributed by atoms with E-state index in [1.54, 1.807) is 17.8 Å². The number of hydrogen-bond acceptors (Lipinski definition) is 8. The highest BCUT2D eigenvalue weighted by atomic mass is 32.2. The van der Waals surface area contributed by atoms with Crippen molar-refractivity contribution in [1.29, 1.82) is 0 Å². The topological polar surface area (TPSA) is 118 Å². The Morgan fingerprint density at radius 2 is 1.70 bits per heavy atom. The molecule has 4 unspecified atom stereocenters. The predicted molar refractivity (Wildman–Crippen MR) is 188 cm³/mol. The second-order valence-electron chi connectivity index (χ2n) is 13.2. The molecule has 252 valence electrons. The minimum absolute atomic E-state index is 0.00797. The van der Waals surface area contributed by atoms with Crippen molar-refractivity contribution >= 4 is 63.0 Å². The Labute approximate surface area is 293 Å². The van der Waals surface area contributed by atoms with Gasteiger partial charge in [0, 0.05) is 27.1 Å². The van der Waals surface area contributed by atoms with Gasteiger partial charge in [-0.1, -0.05) is 53.8 Å². The van der Waals surface area contributed by atoms with E-state index < -0.39 is 17.7 Å². The minimum atomic E-state index is -0.483. The maximum atomic E-state index is 14.0. The Kier molecular flexibility index (Phi) is 7.36. The van der Waals surface area contributed by atoms with Gasteiger partial charge in [-0.3, -0.25) is 24.1 Å². The molecule has 12 heteroatoms. The second kappa shape index (κ2) is 11.8. The number of rotatable bonds is 7. The molecule has 5 aromatic rings. The lowest BCUT2D eigenvalue weighted by Gasteiger charge is -2.43. The van der Waals surface area contributed by atoms with Crippen LogP contribution in [-0.2, 0) is 14.4 Å². The number of thioether (sulfide) groups is 1. The van der Waals surface area contributed by atoms with Gasteiger partial charge in [0.15, 0.2) is 18.1 Å². The van der Waals surface area contributed by atoms with E-state index in [2.05, 4.69) is 10.3 Å². The third-order valence-corrected chi connectivity index (χ3v) is 13.4. The smallest absolute Gasteiger partial charge is 0.305 e. The number of halogens is 1. The van der Waals surface area contributed by atoms with E-state index in [1.165, 1.54) is 47.6 Å². The van der Waals surface area contributed by atoms with Crippen molar-refractivity contribution in [2.45, 2.75) is 22.6 Å². The van der Waals surface area contributed by atoms with Crippen LogP contribution in [0, 0.1) is 35.4 Å². The van der Waals surface area contributed by atoms with Crippen LogP contribution in [0.3, 0.4) is 0 Å². The standard InChI is InChI=1S/C38H30FN3O6S2/c1-47-27-15-19(9-14-26(27)48-17-28(43)40-25-8-4-6-18-5-2-3-7-22(18)25)29-30-23-16-24(33(30)49-35-34(29)50-38(46)41-35)32-31(23)36(44)42(37(32)45)21-12-10-20(39)11-13-21/h2-15,23-24,29-33H,16-17H2,1H3,(H,40,43)(H,41,46)/t23-,24-,29-,30?,31?,32?,33?/m1/s1. The number of thiazole rings is 1. The molecule has 3 fully saturated rings. The molecular weight excluding hydrogens is 678 g/mol. The van der Waals surface area contributed by atoms with Crippen molar-refractivity contribution in [1.82, 2.24) is 4.98 Å². The highest BCUT2D eigenvalue weighted by Crippen LogP contribution is 2.68. The fourth-order valence-corrected chi connectivity index (χ4v) is 11.8. The summed E-state index contributed by atoms with van der Waals surface area (Å²) in [5.41, 5.74) is 1.98. The van der Waals surface area contributed by atoms with Crippen LogP contribution >= 0.6 is 23.1 Å². The molecule has 3 amide bonds. The van der Waals surface area contributed by atoms with Gasteiger partial charge in [-0.05, 0) is 77.6 Å². The largest absolute Gasteiger partial charge is 0.493 e. The zero-order valence-electron chi connectivity index (χ0n) is 26.6. The van der Waals surface area contributed by atoms with Crippen LogP contribution in [-0.4, -0.2) is 41.7 Å². The average Bonchev–Trinajstić information content (AvgIpc) is 3.86. The first-order valence-corrected chi connectivity index (χ1v) is 18.1. The van der Waals surface area contributed by atoms with Crippen LogP contribution < -0.4 is 24.6 Å². The average molecular weight is 708 g/mol. The molecule has 9 rings (SSSR count). The summed E-state index contributed by atoms with van der Waals surface area (Å²) in [6, 6.07) is 24.6. The van der Waals surface area contributed by atoms with Crippen LogP contribution in [0.1, 0.15) is 22.8 Å². The number of aromatic nitrogens is 1. The Bertz CT molecular complexity index is 2270. The number of imide groups is 1. The van der Waals surface area contributed by atoms with E-state index >= 15 is 0 Å². The molecule has 0 radical (unpaired) electrons. The number of nitrogens with zero attached hydrogens (tertiary/aromatic N) is 1. The number of methoxy groups -OCH3 is 1. The van der Waals surface area contributed by atoms with Gasteiger partial charge >= 0.3 is 4.87 Å². The van der Waals surface area contributed by atoms with Gasteiger partial charge in [0.05, 0.1) is 29.7 Å². The highest BCUT2D eigenvalue weighted by Gasteiger charge is 2.69. The molecule has 1 saturated heterocycles. The zero-order valence-corrected chi connectivity index (χ0v) is 28.3. The molecule has 2 aliphatic heterocycles. The normalized spacial score (nSPS) is 26.1. The molecule has 2 saturated carbocycles. The lowest BCUT2D eigenvalue weighted by molar-refractivity contribution is -0.123. The van der Waals surface area contributed by atoms with Crippen molar-refractivity contribution < 1.29 is 28.2 Å². The first kappa shape index (κ1) is 31.1. The Morgan fingerprint density at radius 3 is 2.50 bits per heavy atom. The van der Waals surface area contributed by atoms with E-state index in [9.17, 15) is 23.6 Å². The van der Waals surface area contributed by atoms with E-state index in [4.69, 9.17) is 9.47 Å². The van der Waals surface area contributed by atoms with Crippen LogP contribution in [0.5, 0.6) is 11.5 Å². The third kappa shape index (κ3) is 4.79. The lowest BCUT2D eigenvalue weighted by atomic mass is 9.68. The van der Waals surface area contributed by atoms with Crippen LogP contribution in [0.4, 0.5) is 15.8 Å². The molecule has 0 spiro atoms. The Balaban J connectivity index is 1.00. The Hall–Kier alpha value is -4.94. The number of amides is 3. The quantitative estimate of drug-likeness (QED) is 0.187. The van der Waals surface area contributed by atoms with Gasteiger partial charge in [0.25, 0.3) is 5.91 Å². The Morgan fingerprint density at radius 1 is 0.940 bits per heavy atom. The third-order valence-electron chi connectivity index (χ3n) is 10.8. The number of aromatic amines is 1. The molecule has 7 atom stereocenters. The summed E-state index contributed by atoms with van der Waals surface area (Å²) in [7, 11) is 1.54. The second-order valence-corrected chi connectivity index (χ2v) is 15.4. The van der Waals surface area contributed by atoms with Gasteiger partial charge in [-0.2, -0.15) is 0 Å². The van der Waals surface area contributed by atoms with Gasteiger partial charge in [0.1, 0.15) is 5.82 Å². The molecule has 2 bridgehead atoms. The van der Waals surface area contributed by atoms with Crippen LogP contribution in [0.2, 0.25) is 0 Å². The first-order chi connectivity index (χ1) is 24.3. The SMILES string of the molecule is COc1cc([C@H]2c3sc(=O)[nH]c3SC3C2[C@H]2C[C@@H]3C3C(=O)N(c4ccc(F)cc4)C(=O)C32)ccc1OCC(=O)Nc1cccc2ccccc12. The summed E-state index contributed by atoms with van der Waals surface area (Å²) in [5.74, 6) is -1.70. The fraction of sp³-hybridized carbons (Fsp3) is 0.263. The molecule has 4 aromatic carbocycles. The number of ether oxygens (including phenoxy) is 2. The number of carbonyl (C=O) groups is 3. The zero-order chi connectivity index (χ0) is 34.3. The maximum absolute atomic E-state index is 14.0. The molecule has 3 heterocycles. The fourth-order valence-electron chi connectivity index (χ4n) is 8.90. The number of H-pyrrole nitrogens is 1.